The Morgan fingerprint density at radius 3 is 2.60 bits per heavy atom. The first-order valence-electron chi connectivity index (χ1n) is 5.99. The molecule has 4 rings (SSSR count). The van der Waals surface area contributed by atoms with Crippen LogP contribution in [0, 0.1) is 17.8 Å². The minimum atomic E-state index is 0.362. The van der Waals surface area contributed by atoms with Crippen LogP contribution in [-0.2, 0) is 0 Å². The van der Waals surface area contributed by atoms with E-state index in [-0.39, 0.29) is 0 Å². The molecule has 0 radical (unpaired) electrons. The molecule has 2 fully saturated rings. The van der Waals surface area contributed by atoms with Crippen LogP contribution in [0.4, 0.5) is 0 Å². The molecule has 4 atom stereocenters. The molecule has 1 nitrogen and oxygen atoms in total. The number of benzene rings is 1. The van der Waals surface area contributed by atoms with Gasteiger partial charge in [-0.05, 0) is 42.6 Å². The van der Waals surface area contributed by atoms with Crippen molar-refractivity contribution in [1.82, 2.24) is 0 Å². The Balaban J connectivity index is 1.93. The first-order valence-corrected chi connectivity index (χ1v) is 5.99. The third-order valence-corrected chi connectivity index (χ3v) is 4.80. The van der Waals surface area contributed by atoms with Crippen molar-refractivity contribution in [3.05, 3.63) is 35.4 Å². The Bertz CT molecular complexity index is 448. The number of hydrogen-bond donors (Lipinski definition) is 0. The summed E-state index contributed by atoms with van der Waals surface area (Å²) in [5.74, 6) is 2.92. The normalized spacial score (nSPS) is 40.7. The zero-order valence-corrected chi connectivity index (χ0v) is 8.65. The lowest BCUT2D eigenvalue weighted by molar-refractivity contribution is 0.0883. The van der Waals surface area contributed by atoms with Gasteiger partial charge in [-0.1, -0.05) is 24.3 Å². The van der Waals surface area contributed by atoms with Crippen LogP contribution < -0.4 is 0 Å². The van der Waals surface area contributed by atoms with Gasteiger partial charge in [0.05, 0.1) is 0 Å². The van der Waals surface area contributed by atoms with E-state index in [4.69, 9.17) is 0 Å². The molecule has 1 aromatic carbocycles. The lowest BCUT2D eigenvalue weighted by Gasteiger charge is -2.23. The molecule has 0 spiro atoms. The summed E-state index contributed by atoms with van der Waals surface area (Å²) in [7, 11) is 0. The topological polar surface area (TPSA) is 17.1 Å². The Kier molecular flexibility index (Phi) is 1.36. The van der Waals surface area contributed by atoms with Crippen LogP contribution in [-0.4, -0.2) is 5.78 Å². The minimum absolute atomic E-state index is 0.362. The van der Waals surface area contributed by atoms with E-state index < -0.39 is 0 Å². The van der Waals surface area contributed by atoms with E-state index in [1.807, 2.05) is 12.1 Å². The van der Waals surface area contributed by atoms with Crippen LogP contribution in [0.5, 0.6) is 0 Å². The van der Waals surface area contributed by atoms with Crippen LogP contribution in [0.1, 0.15) is 41.1 Å². The molecule has 1 aromatic rings. The van der Waals surface area contributed by atoms with Gasteiger partial charge in [-0.15, -0.1) is 0 Å². The van der Waals surface area contributed by atoms with Crippen LogP contribution in [0.2, 0.25) is 0 Å². The van der Waals surface area contributed by atoms with Crippen molar-refractivity contribution in [2.45, 2.75) is 25.2 Å². The third kappa shape index (κ3) is 0.831. The molecule has 0 heterocycles. The number of carbonyl (C=O) groups excluding carboxylic acids is 1. The second-order valence-electron chi connectivity index (χ2n) is 5.34. The Hall–Kier alpha value is -1.11. The summed E-state index contributed by atoms with van der Waals surface area (Å²) in [5, 5.41) is 0. The van der Waals surface area contributed by atoms with E-state index in [0.29, 0.717) is 23.5 Å². The number of hydrogen-bond acceptors (Lipinski definition) is 1. The third-order valence-electron chi connectivity index (χ3n) is 4.80. The molecule has 1 heteroatoms. The molecule has 2 bridgehead atoms. The fourth-order valence-electron chi connectivity index (χ4n) is 4.31. The van der Waals surface area contributed by atoms with Crippen molar-refractivity contribution in [1.29, 1.82) is 0 Å². The highest BCUT2D eigenvalue weighted by atomic mass is 16.1. The molecule has 3 aliphatic carbocycles. The maximum atomic E-state index is 12.3. The van der Waals surface area contributed by atoms with Gasteiger partial charge in [0.2, 0.25) is 0 Å². The monoisotopic (exact) mass is 198 g/mol. The summed E-state index contributed by atoms with van der Waals surface area (Å²) in [4.78, 5) is 12.3. The summed E-state index contributed by atoms with van der Waals surface area (Å²) in [6.07, 6.45) is 3.97. The minimum Gasteiger partial charge on any atom is -0.294 e. The molecule has 0 aliphatic heterocycles. The summed E-state index contributed by atoms with van der Waals surface area (Å²) in [6, 6.07) is 8.29. The van der Waals surface area contributed by atoms with Gasteiger partial charge in [-0.25, -0.2) is 0 Å². The molecule has 0 saturated heterocycles. The zero-order chi connectivity index (χ0) is 9.99. The highest BCUT2D eigenvalue weighted by Crippen LogP contribution is 2.61. The van der Waals surface area contributed by atoms with Crippen LogP contribution >= 0.6 is 0 Å². The molecule has 0 aromatic heterocycles. The van der Waals surface area contributed by atoms with Gasteiger partial charge < -0.3 is 0 Å². The van der Waals surface area contributed by atoms with Gasteiger partial charge in [0, 0.05) is 11.5 Å². The molecule has 15 heavy (non-hydrogen) atoms. The molecule has 0 N–H and O–H groups in total. The average molecular weight is 198 g/mol. The van der Waals surface area contributed by atoms with Crippen molar-refractivity contribution in [3.8, 4) is 0 Å². The number of carbonyl (C=O) groups is 1. The lowest BCUT2D eigenvalue weighted by atomic mass is 9.79. The van der Waals surface area contributed by atoms with Gasteiger partial charge in [-0.3, -0.25) is 4.79 Å². The SMILES string of the molecule is O=C1c2ccccc2[C@@H]2[C@@H]3CC[C@@H](C3)[C@H]12. The van der Waals surface area contributed by atoms with Crippen molar-refractivity contribution >= 4 is 5.78 Å². The molecular weight excluding hydrogens is 184 g/mol. The maximum Gasteiger partial charge on any atom is 0.167 e. The van der Waals surface area contributed by atoms with E-state index in [0.717, 1.165) is 11.5 Å². The van der Waals surface area contributed by atoms with E-state index in [1.54, 1.807) is 0 Å². The lowest BCUT2D eigenvalue weighted by Crippen LogP contribution is -2.20. The predicted molar refractivity (Wildman–Crippen MR) is 57.8 cm³/mol. The Morgan fingerprint density at radius 2 is 1.73 bits per heavy atom. The quantitative estimate of drug-likeness (QED) is 0.626. The number of ketones is 1. The predicted octanol–water partition coefficient (Wildman–Crippen LogP) is 3.01. The second kappa shape index (κ2) is 2.52. The van der Waals surface area contributed by atoms with Crippen LogP contribution in [0.15, 0.2) is 24.3 Å². The van der Waals surface area contributed by atoms with Gasteiger partial charge >= 0.3 is 0 Å². The average Bonchev–Trinajstić information content (AvgIpc) is 2.92. The highest BCUT2D eigenvalue weighted by molar-refractivity contribution is 6.03. The van der Waals surface area contributed by atoms with Crippen molar-refractivity contribution in [2.24, 2.45) is 17.8 Å². The van der Waals surface area contributed by atoms with Crippen molar-refractivity contribution in [3.63, 3.8) is 0 Å². The van der Waals surface area contributed by atoms with E-state index >= 15 is 0 Å². The Morgan fingerprint density at radius 1 is 1.00 bits per heavy atom. The summed E-state index contributed by atoms with van der Waals surface area (Å²) in [6.45, 7) is 0. The Labute approximate surface area is 89.5 Å². The molecule has 76 valence electrons. The van der Waals surface area contributed by atoms with E-state index in [2.05, 4.69) is 12.1 Å². The second-order valence-corrected chi connectivity index (χ2v) is 5.34. The summed E-state index contributed by atoms with van der Waals surface area (Å²) < 4.78 is 0. The van der Waals surface area contributed by atoms with Gasteiger partial charge in [0.25, 0.3) is 0 Å². The fourth-order valence-corrected chi connectivity index (χ4v) is 4.31. The van der Waals surface area contributed by atoms with Crippen LogP contribution in [0.25, 0.3) is 0 Å². The highest BCUT2D eigenvalue weighted by Gasteiger charge is 2.55. The molecule has 3 aliphatic rings. The number of rotatable bonds is 0. The van der Waals surface area contributed by atoms with Gasteiger partial charge in [-0.2, -0.15) is 0 Å². The van der Waals surface area contributed by atoms with E-state index in [9.17, 15) is 4.79 Å². The summed E-state index contributed by atoms with van der Waals surface area (Å²) in [5.41, 5.74) is 2.39. The van der Waals surface area contributed by atoms with Gasteiger partial charge in [0.1, 0.15) is 0 Å². The fraction of sp³-hybridized carbons (Fsp3) is 0.500. The first-order chi connectivity index (χ1) is 7.36. The van der Waals surface area contributed by atoms with E-state index in [1.165, 1.54) is 24.8 Å². The zero-order valence-electron chi connectivity index (χ0n) is 8.65. The van der Waals surface area contributed by atoms with Crippen molar-refractivity contribution in [2.75, 3.05) is 0 Å². The molecular formula is C14H14O. The standard InChI is InChI=1S/C14H14O/c15-14-11-4-2-1-3-10(11)12-8-5-6-9(7-8)13(12)14/h1-4,8-9,12-13H,5-7H2/t8-,9+,12+,13+/m1/s1. The smallest absolute Gasteiger partial charge is 0.167 e. The maximum absolute atomic E-state index is 12.3. The molecule has 0 unspecified atom stereocenters. The first kappa shape index (κ1) is 8.09. The van der Waals surface area contributed by atoms with Crippen LogP contribution in [0.3, 0.4) is 0 Å². The summed E-state index contributed by atoms with van der Waals surface area (Å²) >= 11 is 0. The van der Waals surface area contributed by atoms with Gasteiger partial charge in [0.15, 0.2) is 5.78 Å². The number of Topliss-reactive ketones (excluding diaryl/α,β-unsaturated/α-hetero) is 1. The molecule has 0 amide bonds. The van der Waals surface area contributed by atoms with Crippen molar-refractivity contribution < 1.29 is 4.79 Å². The molecule has 2 saturated carbocycles. The number of fused-ring (bicyclic) bond motifs is 7. The largest absolute Gasteiger partial charge is 0.294 e.